The number of rotatable bonds is 4. The van der Waals surface area contributed by atoms with Crippen LogP contribution in [0.4, 0.5) is 10.1 Å². The van der Waals surface area contributed by atoms with Crippen molar-refractivity contribution in [3.05, 3.63) is 103 Å². The molecule has 4 rings (SSSR count). The van der Waals surface area contributed by atoms with Gasteiger partial charge in [0, 0.05) is 17.4 Å². The summed E-state index contributed by atoms with van der Waals surface area (Å²) in [6.07, 6.45) is 1.70. The van der Waals surface area contributed by atoms with E-state index in [-0.39, 0.29) is 11.7 Å². The van der Waals surface area contributed by atoms with Crippen molar-refractivity contribution in [2.75, 3.05) is 5.32 Å². The van der Waals surface area contributed by atoms with Crippen molar-refractivity contribution < 1.29 is 9.18 Å². The molecule has 0 fully saturated rings. The van der Waals surface area contributed by atoms with Gasteiger partial charge >= 0.3 is 0 Å². The second-order valence-corrected chi connectivity index (χ2v) is 6.00. The number of para-hydroxylation sites is 1. The number of carbonyl (C=O) groups excluding carboxylic acids is 1. The Morgan fingerprint density at radius 3 is 2.15 bits per heavy atom. The second-order valence-electron chi connectivity index (χ2n) is 6.00. The maximum Gasteiger partial charge on any atom is 0.259 e. The van der Waals surface area contributed by atoms with Crippen molar-refractivity contribution in [3.8, 4) is 16.9 Å². The molecule has 4 nitrogen and oxygen atoms in total. The topological polar surface area (TPSA) is 46.9 Å². The van der Waals surface area contributed by atoms with Gasteiger partial charge in [0.25, 0.3) is 5.91 Å². The normalized spacial score (nSPS) is 10.6. The minimum Gasteiger partial charge on any atom is -0.322 e. The van der Waals surface area contributed by atoms with Gasteiger partial charge in [-0.1, -0.05) is 48.5 Å². The molecule has 4 aromatic rings. The molecule has 0 radical (unpaired) electrons. The summed E-state index contributed by atoms with van der Waals surface area (Å²) in [6.45, 7) is 0. The minimum absolute atomic E-state index is 0.303. The fourth-order valence-corrected chi connectivity index (χ4v) is 2.79. The van der Waals surface area contributed by atoms with E-state index in [2.05, 4.69) is 10.4 Å². The molecular weight excluding hydrogens is 341 g/mol. The van der Waals surface area contributed by atoms with Crippen LogP contribution < -0.4 is 5.32 Å². The summed E-state index contributed by atoms with van der Waals surface area (Å²) in [5, 5.41) is 7.42. The Balaban J connectivity index is 1.74. The average Bonchev–Trinajstić information content (AvgIpc) is 3.17. The zero-order valence-corrected chi connectivity index (χ0v) is 14.3. The standard InChI is InChI=1S/C22H16FN3O/c23-17-11-13-18(14-12-17)24-22(27)20-15-26(19-9-5-2-6-10-19)25-21(20)16-7-3-1-4-8-16/h1-15H,(H,24,27). The maximum absolute atomic E-state index is 13.1. The molecule has 5 heteroatoms. The fourth-order valence-electron chi connectivity index (χ4n) is 2.79. The number of carbonyl (C=O) groups is 1. The number of aromatic nitrogens is 2. The molecular formula is C22H16FN3O. The van der Waals surface area contributed by atoms with Gasteiger partial charge in [-0.15, -0.1) is 0 Å². The van der Waals surface area contributed by atoms with E-state index in [0.29, 0.717) is 16.9 Å². The number of amides is 1. The Bertz CT molecular complexity index is 1060. The zero-order valence-electron chi connectivity index (χ0n) is 14.3. The van der Waals surface area contributed by atoms with Gasteiger partial charge in [-0.05, 0) is 36.4 Å². The Morgan fingerprint density at radius 1 is 0.852 bits per heavy atom. The van der Waals surface area contributed by atoms with Gasteiger partial charge in [-0.3, -0.25) is 4.79 Å². The monoisotopic (exact) mass is 357 g/mol. The van der Waals surface area contributed by atoms with Crippen molar-refractivity contribution in [1.29, 1.82) is 0 Å². The Hall–Kier alpha value is -3.73. The maximum atomic E-state index is 13.1. The predicted octanol–water partition coefficient (Wildman–Crippen LogP) is 4.93. The first-order chi connectivity index (χ1) is 13.2. The molecule has 27 heavy (non-hydrogen) atoms. The first-order valence-electron chi connectivity index (χ1n) is 8.48. The molecule has 1 N–H and O–H groups in total. The number of hydrogen-bond acceptors (Lipinski definition) is 2. The number of nitrogens with zero attached hydrogens (tertiary/aromatic N) is 2. The molecule has 1 aromatic heterocycles. The highest BCUT2D eigenvalue weighted by atomic mass is 19.1. The van der Waals surface area contributed by atoms with Crippen molar-refractivity contribution in [2.45, 2.75) is 0 Å². The zero-order chi connectivity index (χ0) is 18.6. The Morgan fingerprint density at radius 2 is 1.48 bits per heavy atom. The third kappa shape index (κ3) is 3.62. The predicted molar refractivity (Wildman–Crippen MR) is 103 cm³/mol. The van der Waals surface area contributed by atoms with Gasteiger partial charge in [0.05, 0.1) is 11.3 Å². The van der Waals surface area contributed by atoms with Gasteiger partial charge in [-0.2, -0.15) is 5.10 Å². The molecule has 132 valence electrons. The summed E-state index contributed by atoms with van der Waals surface area (Å²) in [4.78, 5) is 12.9. The van der Waals surface area contributed by atoms with Crippen LogP contribution in [-0.4, -0.2) is 15.7 Å². The van der Waals surface area contributed by atoms with E-state index in [1.165, 1.54) is 24.3 Å². The van der Waals surface area contributed by atoms with Gasteiger partial charge in [0.1, 0.15) is 11.5 Å². The molecule has 0 atom stereocenters. The van der Waals surface area contributed by atoms with Gasteiger partial charge < -0.3 is 5.32 Å². The van der Waals surface area contributed by atoms with E-state index >= 15 is 0 Å². The smallest absolute Gasteiger partial charge is 0.259 e. The SMILES string of the molecule is O=C(Nc1ccc(F)cc1)c1cn(-c2ccccc2)nc1-c1ccccc1. The van der Waals surface area contributed by atoms with Crippen molar-refractivity contribution in [2.24, 2.45) is 0 Å². The molecule has 0 unspecified atom stereocenters. The second kappa shape index (κ2) is 7.25. The van der Waals surface area contributed by atoms with Crippen LogP contribution in [0.5, 0.6) is 0 Å². The van der Waals surface area contributed by atoms with Crippen LogP contribution in [-0.2, 0) is 0 Å². The van der Waals surface area contributed by atoms with E-state index in [0.717, 1.165) is 11.3 Å². The highest BCUT2D eigenvalue weighted by Gasteiger charge is 2.18. The first kappa shape index (κ1) is 16.7. The number of hydrogen-bond donors (Lipinski definition) is 1. The lowest BCUT2D eigenvalue weighted by Gasteiger charge is -2.05. The molecule has 3 aromatic carbocycles. The number of benzene rings is 3. The van der Waals surface area contributed by atoms with Crippen LogP contribution in [0.1, 0.15) is 10.4 Å². The summed E-state index contributed by atoms with van der Waals surface area (Å²) in [6, 6.07) is 24.8. The molecule has 0 spiro atoms. The molecule has 0 bridgehead atoms. The third-order valence-corrected chi connectivity index (χ3v) is 4.13. The lowest BCUT2D eigenvalue weighted by Crippen LogP contribution is -2.12. The van der Waals surface area contributed by atoms with E-state index in [1.807, 2.05) is 60.7 Å². The van der Waals surface area contributed by atoms with Crippen molar-refractivity contribution in [3.63, 3.8) is 0 Å². The molecule has 0 saturated heterocycles. The van der Waals surface area contributed by atoms with Gasteiger partial charge in [0.2, 0.25) is 0 Å². The number of nitrogens with one attached hydrogen (secondary N) is 1. The van der Waals surface area contributed by atoms with Crippen molar-refractivity contribution >= 4 is 11.6 Å². The third-order valence-electron chi connectivity index (χ3n) is 4.13. The number of halogens is 1. The molecule has 0 aliphatic rings. The summed E-state index contributed by atoms with van der Waals surface area (Å²) < 4.78 is 14.8. The van der Waals surface area contributed by atoms with Crippen LogP contribution in [0, 0.1) is 5.82 Å². The van der Waals surface area contributed by atoms with Crippen LogP contribution in [0.3, 0.4) is 0 Å². The first-order valence-corrected chi connectivity index (χ1v) is 8.48. The Labute approximate surface area is 155 Å². The highest BCUT2D eigenvalue weighted by molar-refractivity contribution is 6.08. The quantitative estimate of drug-likeness (QED) is 0.563. The van der Waals surface area contributed by atoms with Crippen molar-refractivity contribution in [1.82, 2.24) is 9.78 Å². The minimum atomic E-state index is -0.352. The molecule has 0 aliphatic carbocycles. The van der Waals surface area contributed by atoms with E-state index in [4.69, 9.17) is 0 Å². The van der Waals surface area contributed by atoms with Crippen LogP contribution in [0.25, 0.3) is 16.9 Å². The van der Waals surface area contributed by atoms with E-state index in [1.54, 1.807) is 10.9 Å². The highest BCUT2D eigenvalue weighted by Crippen LogP contribution is 2.24. The summed E-state index contributed by atoms with van der Waals surface area (Å²) in [5.74, 6) is -0.655. The molecule has 1 heterocycles. The van der Waals surface area contributed by atoms with Gasteiger partial charge in [-0.25, -0.2) is 9.07 Å². The molecule has 0 aliphatic heterocycles. The van der Waals surface area contributed by atoms with E-state index < -0.39 is 0 Å². The lowest BCUT2D eigenvalue weighted by atomic mass is 10.1. The number of anilines is 1. The fraction of sp³-hybridized carbons (Fsp3) is 0. The van der Waals surface area contributed by atoms with Crippen LogP contribution in [0.15, 0.2) is 91.1 Å². The molecule has 1 amide bonds. The van der Waals surface area contributed by atoms with Crippen LogP contribution >= 0.6 is 0 Å². The summed E-state index contributed by atoms with van der Waals surface area (Å²) in [5.41, 5.74) is 3.24. The van der Waals surface area contributed by atoms with Crippen LogP contribution in [0.2, 0.25) is 0 Å². The largest absolute Gasteiger partial charge is 0.322 e. The molecule has 0 saturated carbocycles. The Kier molecular flexibility index (Phi) is 4.49. The van der Waals surface area contributed by atoms with Gasteiger partial charge in [0.15, 0.2) is 0 Å². The summed E-state index contributed by atoms with van der Waals surface area (Å²) in [7, 11) is 0. The van der Waals surface area contributed by atoms with E-state index in [9.17, 15) is 9.18 Å². The summed E-state index contributed by atoms with van der Waals surface area (Å²) >= 11 is 0. The lowest BCUT2D eigenvalue weighted by molar-refractivity contribution is 0.102. The average molecular weight is 357 g/mol.